The van der Waals surface area contributed by atoms with Crippen molar-refractivity contribution in [3.63, 3.8) is 0 Å². The lowest BCUT2D eigenvalue weighted by atomic mass is 10.1. The molecule has 8 heteroatoms. The van der Waals surface area contributed by atoms with Gasteiger partial charge in [0.15, 0.2) is 0 Å². The fraction of sp³-hybridized carbons (Fsp3) is 0.400. The number of hydrogen-bond donors (Lipinski definition) is 2. The summed E-state index contributed by atoms with van der Waals surface area (Å²) in [7, 11) is 1.48. The molecule has 2 aromatic heterocycles. The second-order valence-electron chi connectivity index (χ2n) is 4.09. The van der Waals surface area contributed by atoms with Gasteiger partial charge in [0, 0.05) is 11.6 Å². The van der Waals surface area contributed by atoms with Gasteiger partial charge in [-0.15, -0.1) is 11.3 Å². The molecule has 0 saturated carbocycles. The van der Waals surface area contributed by atoms with E-state index in [0.29, 0.717) is 5.95 Å². The smallest absolute Gasteiger partial charge is 0.322 e. The van der Waals surface area contributed by atoms with Crippen molar-refractivity contribution in [2.45, 2.75) is 19.4 Å². The van der Waals surface area contributed by atoms with Crippen molar-refractivity contribution < 1.29 is 4.74 Å². The maximum absolute atomic E-state index is 5.58. The number of anilines is 2. The minimum atomic E-state index is -0.396. The average molecular weight is 266 g/mol. The number of aromatic nitrogens is 4. The molecule has 0 aromatic carbocycles. The average Bonchev–Trinajstić information content (AvgIpc) is 2.81. The summed E-state index contributed by atoms with van der Waals surface area (Å²) in [6.45, 7) is 3.97. The van der Waals surface area contributed by atoms with Gasteiger partial charge in [-0.3, -0.25) is 0 Å². The lowest BCUT2D eigenvalue weighted by molar-refractivity contribution is 0.379. The van der Waals surface area contributed by atoms with Crippen molar-refractivity contribution in [1.82, 2.24) is 19.9 Å². The summed E-state index contributed by atoms with van der Waals surface area (Å²) in [5, 5.41) is 6.01. The zero-order valence-electron chi connectivity index (χ0n) is 10.3. The highest BCUT2D eigenvalue weighted by molar-refractivity contribution is 7.09. The van der Waals surface area contributed by atoms with Crippen LogP contribution in [-0.2, 0) is 5.54 Å². The van der Waals surface area contributed by atoms with Crippen molar-refractivity contribution in [2.75, 3.05) is 18.2 Å². The number of rotatable bonds is 4. The van der Waals surface area contributed by atoms with Gasteiger partial charge in [0.05, 0.1) is 12.6 Å². The first kappa shape index (κ1) is 12.5. The molecule has 18 heavy (non-hydrogen) atoms. The molecule has 0 unspecified atom stereocenters. The van der Waals surface area contributed by atoms with E-state index in [0.717, 1.165) is 5.01 Å². The SMILES string of the molecule is COc1nc(N)nc(NC(C)(C)c2nccs2)n1. The van der Waals surface area contributed by atoms with E-state index in [4.69, 9.17) is 10.5 Å². The number of methoxy groups -OCH3 is 1. The summed E-state index contributed by atoms with van der Waals surface area (Å²) >= 11 is 1.56. The third-order valence-corrected chi connectivity index (χ3v) is 3.30. The van der Waals surface area contributed by atoms with Crippen LogP contribution >= 0.6 is 11.3 Å². The molecule has 0 atom stereocenters. The molecule has 3 N–H and O–H groups in total. The Bertz CT molecular complexity index is 527. The van der Waals surface area contributed by atoms with Crippen LogP contribution < -0.4 is 15.8 Å². The Morgan fingerprint density at radius 2 is 2.11 bits per heavy atom. The van der Waals surface area contributed by atoms with Gasteiger partial charge in [0.1, 0.15) is 5.01 Å². The predicted molar refractivity (Wildman–Crippen MR) is 69.6 cm³/mol. The van der Waals surface area contributed by atoms with E-state index in [1.807, 2.05) is 19.2 Å². The quantitative estimate of drug-likeness (QED) is 0.859. The standard InChI is InChI=1S/C10H14N6OS/c1-10(2,6-12-4-5-18-6)16-8-13-7(11)14-9(15-8)17-3/h4-5H,1-3H3,(H3,11,13,14,15,16). The first-order valence-electron chi connectivity index (χ1n) is 5.25. The van der Waals surface area contributed by atoms with Crippen molar-refractivity contribution in [1.29, 1.82) is 0 Å². The van der Waals surface area contributed by atoms with Gasteiger partial charge in [-0.05, 0) is 13.8 Å². The third kappa shape index (κ3) is 2.65. The molecule has 0 amide bonds. The van der Waals surface area contributed by atoms with Crippen LogP contribution in [0.5, 0.6) is 6.01 Å². The van der Waals surface area contributed by atoms with Crippen LogP contribution in [0.25, 0.3) is 0 Å². The normalized spacial score (nSPS) is 11.3. The summed E-state index contributed by atoms with van der Waals surface area (Å²) in [4.78, 5) is 16.2. The van der Waals surface area contributed by atoms with Crippen LogP contribution in [0.1, 0.15) is 18.9 Å². The van der Waals surface area contributed by atoms with Crippen LogP contribution in [0.4, 0.5) is 11.9 Å². The van der Waals surface area contributed by atoms with E-state index >= 15 is 0 Å². The molecule has 2 heterocycles. The Hall–Kier alpha value is -1.96. The van der Waals surface area contributed by atoms with Crippen LogP contribution in [0.15, 0.2) is 11.6 Å². The Balaban J connectivity index is 2.26. The maximum Gasteiger partial charge on any atom is 0.322 e. The highest BCUT2D eigenvalue weighted by Crippen LogP contribution is 2.26. The van der Waals surface area contributed by atoms with Gasteiger partial charge in [0.2, 0.25) is 11.9 Å². The summed E-state index contributed by atoms with van der Waals surface area (Å²) in [6.07, 6.45) is 1.76. The van der Waals surface area contributed by atoms with Crippen LogP contribution in [0.2, 0.25) is 0 Å². The van der Waals surface area contributed by atoms with Crippen LogP contribution in [-0.4, -0.2) is 27.0 Å². The summed E-state index contributed by atoms with van der Waals surface area (Å²) in [5.41, 5.74) is 5.18. The first-order valence-corrected chi connectivity index (χ1v) is 6.13. The van der Waals surface area contributed by atoms with E-state index in [9.17, 15) is 0 Å². The molecule has 0 aliphatic heterocycles. The van der Waals surface area contributed by atoms with Gasteiger partial charge < -0.3 is 15.8 Å². The van der Waals surface area contributed by atoms with E-state index in [1.165, 1.54) is 7.11 Å². The molecule has 0 aliphatic rings. The fourth-order valence-electron chi connectivity index (χ4n) is 1.38. The molecule has 0 bridgehead atoms. The molecule has 0 spiro atoms. The van der Waals surface area contributed by atoms with Gasteiger partial charge in [-0.1, -0.05) is 0 Å². The maximum atomic E-state index is 5.58. The first-order chi connectivity index (χ1) is 8.51. The molecule has 0 aliphatic carbocycles. The fourth-order valence-corrected chi connectivity index (χ4v) is 2.10. The topological polar surface area (TPSA) is 98.8 Å². The highest BCUT2D eigenvalue weighted by atomic mass is 32.1. The van der Waals surface area contributed by atoms with Crippen molar-refractivity contribution >= 4 is 23.2 Å². The largest absolute Gasteiger partial charge is 0.467 e. The number of thiazole rings is 1. The number of nitrogens with one attached hydrogen (secondary N) is 1. The van der Waals surface area contributed by atoms with Gasteiger partial charge in [0.25, 0.3) is 0 Å². The second kappa shape index (κ2) is 4.73. The highest BCUT2D eigenvalue weighted by Gasteiger charge is 2.24. The number of hydrogen-bond acceptors (Lipinski definition) is 8. The molecular weight excluding hydrogens is 252 g/mol. The van der Waals surface area contributed by atoms with Crippen LogP contribution in [0, 0.1) is 0 Å². The van der Waals surface area contributed by atoms with Gasteiger partial charge >= 0.3 is 6.01 Å². The van der Waals surface area contributed by atoms with Crippen molar-refractivity contribution in [2.24, 2.45) is 0 Å². The number of nitrogen functional groups attached to an aromatic ring is 1. The molecule has 0 saturated heterocycles. The van der Waals surface area contributed by atoms with E-state index < -0.39 is 5.54 Å². The Labute approximate surface area is 108 Å². The van der Waals surface area contributed by atoms with Crippen molar-refractivity contribution in [3.05, 3.63) is 16.6 Å². The van der Waals surface area contributed by atoms with E-state index in [1.54, 1.807) is 17.5 Å². The summed E-state index contributed by atoms with van der Waals surface area (Å²) in [5.74, 6) is 0.471. The number of nitrogens with two attached hydrogens (primary N) is 1. The van der Waals surface area contributed by atoms with E-state index in [-0.39, 0.29) is 12.0 Å². The van der Waals surface area contributed by atoms with E-state index in [2.05, 4.69) is 25.3 Å². The Morgan fingerprint density at radius 1 is 1.33 bits per heavy atom. The predicted octanol–water partition coefficient (Wildman–Crippen LogP) is 1.27. The number of ether oxygens (including phenoxy) is 1. The molecule has 2 aromatic rings. The lowest BCUT2D eigenvalue weighted by Gasteiger charge is -2.23. The summed E-state index contributed by atoms with van der Waals surface area (Å²) < 4.78 is 4.95. The Kier molecular flexibility index (Phi) is 3.28. The molecule has 7 nitrogen and oxygen atoms in total. The molecule has 0 fully saturated rings. The minimum Gasteiger partial charge on any atom is -0.467 e. The number of nitrogens with zero attached hydrogens (tertiary/aromatic N) is 4. The lowest BCUT2D eigenvalue weighted by Crippen LogP contribution is -2.29. The third-order valence-electron chi connectivity index (χ3n) is 2.21. The summed E-state index contributed by atoms with van der Waals surface area (Å²) in [6, 6.07) is 0.180. The minimum absolute atomic E-state index is 0.110. The molecule has 96 valence electrons. The van der Waals surface area contributed by atoms with Crippen molar-refractivity contribution in [3.8, 4) is 6.01 Å². The zero-order chi connectivity index (χ0) is 13.2. The van der Waals surface area contributed by atoms with Gasteiger partial charge in [-0.2, -0.15) is 15.0 Å². The second-order valence-corrected chi connectivity index (χ2v) is 4.99. The molecule has 0 radical (unpaired) electrons. The Morgan fingerprint density at radius 3 is 2.72 bits per heavy atom. The zero-order valence-corrected chi connectivity index (χ0v) is 11.2. The molecule has 2 rings (SSSR count). The van der Waals surface area contributed by atoms with Gasteiger partial charge in [-0.25, -0.2) is 4.98 Å². The van der Waals surface area contributed by atoms with Crippen LogP contribution in [0.3, 0.4) is 0 Å². The molecular formula is C10H14N6OS. The monoisotopic (exact) mass is 266 g/mol.